The molecule has 0 radical (unpaired) electrons. The lowest BCUT2D eigenvalue weighted by Gasteiger charge is -2.27. The van der Waals surface area contributed by atoms with Gasteiger partial charge in [0.15, 0.2) is 0 Å². The molecule has 0 aliphatic heterocycles. The Bertz CT molecular complexity index is 633. The fourth-order valence-electron chi connectivity index (χ4n) is 4.17. The highest BCUT2D eigenvalue weighted by molar-refractivity contribution is 5.89. The number of anilines is 1. The van der Waals surface area contributed by atoms with Crippen molar-refractivity contribution in [3.05, 3.63) is 29.8 Å². The second-order valence-corrected chi connectivity index (χ2v) is 7.60. The summed E-state index contributed by atoms with van der Waals surface area (Å²) in [4.78, 5) is 24.1. The minimum Gasteiger partial charge on any atom is -0.352 e. The van der Waals surface area contributed by atoms with Crippen molar-refractivity contribution in [1.29, 1.82) is 0 Å². The van der Waals surface area contributed by atoms with Crippen LogP contribution in [0.15, 0.2) is 24.3 Å². The number of carbonyl (C=O) groups excluding carboxylic acids is 2. The van der Waals surface area contributed by atoms with Crippen LogP contribution >= 0.6 is 12.4 Å². The van der Waals surface area contributed by atoms with E-state index in [1.807, 2.05) is 38.1 Å². The van der Waals surface area contributed by atoms with E-state index < -0.39 is 0 Å². The third kappa shape index (κ3) is 4.68. The molecule has 5 N–H and O–H groups in total. The molecular weight excluding hydrogens is 352 g/mol. The number of urea groups is 1. The molecule has 0 saturated heterocycles. The van der Waals surface area contributed by atoms with Gasteiger partial charge in [-0.05, 0) is 62.6 Å². The Kier molecular flexibility index (Phi) is 6.89. The van der Waals surface area contributed by atoms with E-state index in [-0.39, 0.29) is 42.3 Å². The molecule has 26 heavy (non-hydrogen) atoms. The number of nitrogens with two attached hydrogens (primary N) is 1. The van der Waals surface area contributed by atoms with Crippen LogP contribution in [0.4, 0.5) is 10.5 Å². The van der Waals surface area contributed by atoms with Crippen molar-refractivity contribution in [2.75, 3.05) is 5.32 Å². The van der Waals surface area contributed by atoms with Crippen molar-refractivity contribution in [3.63, 3.8) is 0 Å². The van der Waals surface area contributed by atoms with E-state index >= 15 is 0 Å². The van der Waals surface area contributed by atoms with Gasteiger partial charge in [0.1, 0.15) is 0 Å². The third-order valence-electron chi connectivity index (χ3n) is 5.38. The lowest BCUT2D eigenvalue weighted by atomic mass is 9.84. The monoisotopic (exact) mass is 380 g/mol. The zero-order valence-electron chi connectivity index (χ0n) is 15.3. The molecule has 0 heterocycles. The summed E-state index contributed by atoms with van der Waals surface area (Å²) >= 11 is 0. The number of rotatable bonds is 5. The predicted molar refractivity (Wildman–Crippen MR) is 105 cm³/mol. The standard InChI is InChI=1S/C19H28N4O2.ClH/c1-11(2)22-19(25)23-15-7-3-12(4-8-15)10-21-18(24)16-13-5-6-14(9-13)17(16)20;/h3-4,7-8,11,13-14,16-17H,5-6,9-10,20H2,1-2H3,(H,21,24)(H2,22,23,25);1H. The molecule has 0 aromatic heterocycles. The highest BCUT2D eigenvalue weighted by Crippen LogP contribution is 2.47. The van der Waals surface area contributed by atoms with Gasteiger partial charge in [-0.15, -0.1) is 12.4 Å². The Hall–Kier alpha value is -1.79. The fourth-order valence-corrected chi connectivity index (χ4v) is 4.17. The lowest BCUT2D eigenvalue weighted by Crippen LogP contribution is -2.45. The summed E-state index contributed by atoms with van der Waals surface area (Å²) in [5.74, 6) is 1.05. The van der Waals surface area contributed by atoms with E-state index in [0.717, 1.165) is 24.1 Å². The van der Waals surface area contributed by atoms with Gasteiger partial charge in [-0.3, -0.25) is 4.79 Å². The number of hydrogen-bond donors (Lipinski definition) is 4. The number of amides is 3. The predicted octanol–water partition coefficient (Wildman–Crippen LogP) is 2.63. The molecule has 3 amide bonds. The van der Waals surface area contributed by atoms with Crippen LogP contribution in [0.5, 0.6) is 0 Å². The Morgan fingerprint density at radius 2 is 1.81 bits per heavy atom. The van der Waals surface area contributed by atoms with Gasteiger partial charge >= 0.3 is 6.03 Å². The summed E-state index contributed by atoms with van der Waals surface area (Å²) in [6, 6.07) is 7.38. The summed E-state index contributed by atoms with van der Waals surface area (Å²) in [5.41, 5.74) is 7.95. The largest absolute Gasteiger partial charge is 0.352 e. The maximum Gasteiger partial charge on any atom is 0.319 e. The van der Waals surface area contributed by atoms with Gasteiger partial charge in [-0.2, -0.15) is 0 Å². The van der Waals surface area contributed by atoms with Gasteiger partial charge in [-0.25, -0.2) is 4.79 Å². The molecule has 0 spiro atoms. The Morgan fingerprint density at radius 3 is 2.38 bits per heavy atom. The van der Waals surface area contributed by atoms with Crippen molar-refractivity contribution in [3.8, 4) is 0 Å². The Morgan fingerprint density at radius 1 is 1.15 bits per heavy atom. The van der Waals surface area contributed by atoms with Crippen molar-refractivity contribution in [2.45, 2.75) is 51.7 Å². The van der Waals surface area contributed by atoms with Crippen molar-refractivity contribution in [1.82, 2.24) is 10.6 Å². The molecule has 2 bridgehead atoms. The van der Waals surface area contributed by atoms with E-state index in [1.54, 1.807) is 0 Å². The zero-order valence-corrected chi connectivity index (χ0v) is 16.1. The molecule has 4 atom stereocenters. The quantitative estimate of drug-likeness (QED) is 0.632. The van der Waals surface area contributed by atoms with Gasteiger partial charge in [-0.1, -0.05) is 12.1 Å². The first kappa shape index (κ1) is 20.5. The molecule has 2 aliphatic carbocycles. The second kappa shape index (κ2) is 8.73. The molecule has 144 valence electrons. The molecule has 3 rings (SSSR count). The van der Waals surface area contributed by atoms with Gasteiger partial charge in [0.05, 0.1) is 5.92 Å². The highest BCUT2D eigenvalue weighted by Gasteiger charge is 2.48. The number of nitrogens with one attached hydrogen (secondary N) is 3. The van der Waals surface area contributed by atoms with Crippen LogP contribution in [0, 0.1) is 17.8 Å². The summed E-state index contributed by atoms with van der Waals surface area (Å²) in [6.45, 7) is 4.30. The van der Waals surface area contributed by atoms with E-state index in [9.17, 15) is 9.59 Å². The van der Waals surface area contributed by atoms with Crippen LogP contribution in [-0.2, 0) is 11.3 Å². The molecule has 1 aromatic rings. The Balaban J connectivity index is 0.00000243. The summed E-state index contributed by atoms with van der Waals surface area (Å²) in [6.07, 6.45) is 3.42. The summed E-state index contributed by atoms with van der Waals surface area (Å²) in [5, 5.41) is 8.58. The number of carbonyl (C=O) groups is 2. The van der Waals surface area contributed by atoms with Gasteiger partial charge in [0.25, 0.3) is 0 Å². The van der Waals surface area contributed by atoms with Crippen LogP contribution in [-0.4, -0.2) is 24.0 Å². The van der Waals surface area contributed by atoms with Crippen LogP contribution in [0.25, 0.3) is 0 Å². The van der Waals surface area contributed by atoms with E-state index in [4.69, 9.17) is 5.73 Å². The lowest BCUT2D eigenvalue weighted by molar-refractivity contribution is -0.127. The maximum absolute atomic E-state index is 12.5. The Labute approximate surface area is 161 Å². The SMILES string of the molecule is CC(C)NC(=O)Nc1ccc(CNC(=O)C2C3CCC(C3)C2N)cc1.Cl. The zero-order chi connectivity index (χ0) is 18.0. The van der Waals surface area contributed by atoms with Crippen molar-refractivity contribution in [2.24, 2.45) is 23.5 Å². The van der Waals surface area contributed by atoms with Crippen LogP contribution in [0.2, 0.25) is 0 Å². The van der Waals surface area contributed by atoms with Gasteiger partial charge in [0, 0.05) is 24.3 Å². The van der Waals surface area contributed by atoms with Crippen molar-refractivity contribution < 1.29 is 9.59 Å². The average molecular weight is 381 g/mol. The highest BCUT2D eigenvalue weighted by atomic mass is 35.5. The third-order valence-corrected chi connectivity index (χ3v) is 5.38. The van der Waals surface area contributed by atoms with Crippen LogP contribution < -0.4 is 21.7 Å². The molecule has 6 nitrogen and oxygen atoms in total. The molecule has 2 aliphatic rings. The number of halogens is 1. The molecule has 2 saturated carbocycles. The molecule has 2 fully saturated rings. The topological polar surface area (TPSA) is 96.2 Å². The minimum atomic E-state index is -0.221. The first-order valence-electron chi connectivity index (χ1n) is 9.14. The first-order valence-corrected chi connectivity index (χ1v) is 9.14. The van der Waals surface area contributed by atoms with Crippen LogP contribution in [0.3, 0.4) is 0 Å². The van der Waals surface area contributed by atoms with Crippen molar-refractivity contribution >= 4 is 30.0 Å². The normalized spacial score (nSPS) is 26.3. The van der Waals surface area contributed by atoms with Gasteiger partial charge < -0.3 is 21.7 Å². The average Bonchev–Trinajstić information content (AvgIpc) is 3.14. The van der Waals surface area contributed by atoms with Crippen LogP contribution in [0.1, 0.15) is 38.7 Å². The van der Waals surface area contributed by atoms with E-state index in [1.165, 1.54) is 6.42 Å². The first-order chi connectivity index (χ1) is 11.9. The fraction of sp³-hybridized carbons (Fsp3) is 0.579. The summed E-state index contributed by atoms with van der Waals surface area (Å²) in [7, 11) is 0. The second-order valence-electron chi connectivity index (χ2n) is 7.60. The van der Waals surface area contributed by atoms with E-state index in [2.05, 4.69) is 16.0 Å². The number of hydrogen-bond acceptors (Lipinski definition) is 3. The molecule has 1 aromatic carbocycles. The van der Waals surface area contributed by atoms with E-state index in [0.29, 0.717) is 18.4 Å². The molecule has 7 heteroatoms. The smallest absolute Gasteiger partial charge is 0.319 e. The minimum absolute atomic E-state index is 0. The summed E-state index contributed by atoms with van der Waals surface area (Å²) < 4.78 is 0. The number of fused-ring (bicyclic) bond motifs is 2. The molecule has 4 unspecified atom stereocenters. The van der Waals surface area contributed by atoms with Gasteiger partial charge in [0.2, 0.25) is 5.91 Å². The maximum atomic E-state index is 12.5. The molecular formula is C19H29ClN4O2. The number of benzene rings is 1.